The van der Waals surface area contributed by atoms with Gasteiger partial charge in [-0.05, 0) is 55.8 Å². The van der Waals surface area contributed by atoms with Crippen molar-refractivity contribution in [3.05, 3.63) is 95.6 Å². The van der Waals surface area contributed by atoms with Crippen molar-refractivity contribution in [2.45, 2.75) is 13.8 Å². The Labute approximate surface area is 238 Å². The van der Waals surface area contributed by atoms with Crippen LogP contribution in [0.25, 0.3) is 33.3 Å². The zero-order chi connectivity index (χ0) is 30.3. The molecule has 0 atom stereocenters. The molecule has 2 aromatic carbocycles. The number of carbonyl (C=O) groups is 1. The van der Waals surface area contributed by atoms with Crippen LogP contribution in [0.1, 0.15) is 18.2 Å². The fraction of sp³-hybridized carbons (Fsp3) is 0.0968. The number of nitrogens with zero attached hydrogens (tertiary/aromatic N) is 4. The van der Waals surface area contributed by atoms with Crippen LogP contribution >= 0.6 is 0 Å². The number of nitrogen functional groups attached to an aromatic ring is 1. The number of anilines is 2. The molecule has 0 radical (unpaired) electrons. The highest BCUT2D eigenvalue weighted by atomic mass is 19.1. The second-order valence-electron chi connectivity index (χ2n) is 9.57. The summed E-state index contributed by atoms with van der Waals surface area (Å²) in [6.07, 6.45) is 1.31. The smallest absolute Gasteiger partial charge is 0.250 e. The molecule has 0 unspecified atom stereocenters. The lowest BCUT2D eigenvalue weighted by atomic mass is 9.97. The van der Waals surface area contributed by atoms with Gasteiger partial charge in [-0.3, -0.25) is 4.79 Å². The van der Waals surface area contributed by atoms with Gasteiger partial charge < -0.3 is 20.4 Å². The lowest BCUT2D eigenvalue weighted by molar-refractivity contribution is -0.112. The third-order valence-corrected chi connectivity index (χ3v) is 6.66. The SMILES string of the molecule is C=C(C)C(=O)Nc1ccc(-c2c(-c3ccc(Oc4ccc(F)c(C)n4)c(F)c3)c3c(N)ncc(C#N)c3n2C)c(F)c1. The van der Waals surface area contributed by atoms with E-state index in [2.05, 4.69) is 27.9 Å². The van der Waals surface area contributed by atoms with Gasteiger partial charge in [0.25, 0.3) is 5.91 Å². The molecule has 0 saturated carbocycles. The number of aryl methyl sites for hydroxylation is 2. The van der Waals surface area contributed by atoms with Gasteiger partial charge in [-0.25, -0.2) is 23.1 Å². The van der Waals surface area contributed by atoms with E-state index in [1.54, 1.807) is 17.7 Å². The number of carbonyl (C=O) groups excluding carboxylic acids is 1. The number of nitrogens with two attached hydrogens (primary N) is 1. The second-order valence-corrected chi connectivity index (χ2v) is 9.57. The molecule has 210 valence electrons. The number of ether oxygens (including phenoxy) is 1. The zero-order valence-electron chi connectivity index (χ0n) is 22.7. The van der Waals surface area contributed by atoms with Crippen LogP contribution in [0.3, 0.4) is 0 Å². The van der Waals surface area contributed by atoms with E-state index in [0.29, 0.717) is 27.7 Å². The Kier molecular flexibility index (Phi) is 7.14. The fourth-order valence-electron chi connectivity index (χ4n) is 4.64. The third kappa shape index (κ3) is 4.90. The summed E-state index contributed by atoms with van der Waals surface area (Å²) in [5.74, 6) is -2.58. The van der Waals surface area contributed by atoms with Gasteiger partial charge >= 0.3 is 0 Å². The molecule has 0 bridgehead atoms. The van der Waals surface area contributed by atoms with Crippen molar-refractivity contribution >= 4 is 28.3 Å². The molecule has 0 aliphatic carbocycles. The van der Waals surface area contributed by atoms with E-state index >= 15 is 8.78 Å². The fourth-order valence-corrected chi connectivity index (χ4v) is 4.64. The van der Waals surface area contributed by atoms with Crippen molar-refractivity contribution in [2.24, 2.45) is 7.05 Å². The molecule has 5 aromatic rings. The first-order valence-corrected chi connectivity index (χ1v) is 12.5. The van der Waals surface area contributed by atoms with E-state index in [4.69, 9.17) is 10.5 Å². The molecule has 0 saturated heterocycles. The minimum Gasteiger partial charge on any atom is -0.436 e. The molecule has 5 rings (SSSR count). The predicted molar refractivity (Wildman–Crippen MR) is 153 cm³/mol. The number of nitrogens with one attached hydrogen (secondary N) is 1. The molecule has 0 spiro atoms. The summed E-state index contributed by atoms with van der Waals surface area (Å²) in [6.45, 7) is 6.56. The van der Waals surface area contributed by atoms with Crippen LogP contribution < -0.4 is 15.8 Å². The minimum atomic E-state index is -0.777. The van der Waals surface area contributed by atoms with E-state index in [-0.39, 0.29) is 45.5 Å². The van der Waals surface area contributed by atoms with Crippen molar-refractivity contribution in [2.75, 3.05) is 11.1 Å². The number of pyridine rings is 2. The average molecular weight is 569 g/mol. The minimum absolute atomic E-state index is 0.000550. The van der Waals surface area contributed by atoms with E-state index in [1.807, 2.05) is 0 Å². The van der Waals surface area contributed by atoms with Crippen LogP contribution in [0.2, 0.25) is 0 Å². The monoisotopic (exact) mass is 568 g/mol. The summed E-state index contributed by atoms with van der Waals surface area (Å²) in [7, 11) is 1.63. The van der Waals surface area contributed by atoms with Crippen LogP contribution in [-0.2, 0) is 11.8 Å². The van der Waals surface area contributed by atoms with Crippen molar-refractivity contribution in [3.63, 3.8) is 0 Å². The Balaban J connectivity index is 1.69. The summed E-state index contributed by atoms with van der Waals surface area (Å²) in [5, 5.41) is 12.7. The first-order chi connectivity index (χ1) is 20.0. The molecule has 3 aromatic heterocycles. The molecule has 8 nitrogen and oxygen atoms in total. The summed E-state index contributed by atoms with van der Waals surface area (Å²) in [4.78, 5) is 20.2. The van der Waals surface area contributed by atoms with Crippen LogP contribution in [-0.4, -0.2) is 20.4 Å². The van der Waals surface area contributed by atoms with Gasteiger partial charge in [-0.15, -0.1) is 0 Å². The van der Waals surface area contributed by atoms with Gasteiger partial charge in [0.05, 0.1) is 27.9 Å². The van der Waals surface area contributed by atoms with E-state index in [0.717, 1.165) is 6.07 Å². The van der Waals surface area contributed by atoms with Gasteiger partial charge in [-0.1, -0.05) is 12.6 Å². The normalized spacial score (nSPS) is 10.9. The average Bonchev–Trinajstić information content (AvgIpc) is 3.25. The van der Waals surface area contributed by atoms with Crippen molar-refractivity contribution in [3.8, 4) is 40.1 Å². The summed E-state index contributed by atoms with van der Waals surface area (Å²) >= 11 is 0. The molecule has 0 aliphatic heterocycles. The Morgan fingerprint density at radius 1 is 1.10 bits per heavy atom. The number of fused-ring (bicyclic) bond motifs is 1. The Morgan fingerprint density at radius 3 is 2.50 bits per heavy atom. The zero-order valence-corrected chi connectivity index (χ0v) is 22.7. The maximum Gasteiger partial charge on any atom is 0.250 e. The summed E-state index contributed by atoms with van der Waals surface area (Å²) in [5.41, 5.74) is 8.41. The first kappa shape index (κ1) is 27.9. The van der Waals surface area contributed by atoms with Crippen LogP contribution in [0.15, 0.2) is 66.9 Å². The highest BCUT2D eigenvalue weighted by Gasteiger charge is 2.26. The molecular formula is C31H23F3N6O2. The molecule has 1 amide bonds. The number of hydrogen-bond donors (Lipinski definition) is 2. The molecule has 42 heavy (non-hydrogen) atoms. The van der Waals surface area contributed by atoms with Gasteiger partial charge in [0, 0.05) is 41.7 Å². The van der Waals surface area contributed by atoms with E-state index in [1.165, 1.54) is 56.4 Å². The number of aromatic nitrogens is 3. The maximum atomic E-state index is 15.7. The molecule has 11 heteroatoms. The third-order valence-electron chi connectivity index (χ3n) is 6.66. The van der Waals surface area contributed by atoms with Gasteiger partial charge in [0.2, 0.25) is 5.88 Å². The van der Waals surface area contributed by atoms with Crippen LogP contribution in [0.4, 0.5) is 24.7 Å². The Bertz CT molecular complexity index is 1980. The second kappa shape index (κ2) is 10.7. The molecule has 3 N–H and O–H groups in total. The molecule has 0 fully saturated rings. The molecule has 3 heterocycles. The number of amides is 1. The number of nitriles is 1. The van der Waals surface area contributed by atoms with E-state index in [9.17, 15) is 14.4 Å². The highest BCUT2D eigenvalue weighted by molar-refractivity contribution is 6.11. The standard InChI is InChI=1S/C31H23F3N6O2/c1-15(2)31(41)39-19-6-7-20(22(33)12-19)29-26(27-28(40(29)4)18(13-35)14-37-30(27)36)17-5-9-24(23(34)11-17)42-25-10-8-21(32)16(3)38-25/h5-12,14H,1H2,2-4H3,(H2,36,37)(H,39,41). The maximum absolute atomic E-state index is 15.7. The van der Waals surface area contributed by atoms with Crippen molar-refractivity contribution < 1.29 is 22.7 Å². The number of benzene rings is 2. The van der Waals surface area contributed by atoms with Gasteiger partial charge in [0.1, 0.15) is 23.5 Å². The summed E-state index contributed by atoms with van der Waals surface area (Å²) in [6, 6.07) is 12.7. The van der Waals surface area contributed by atoms with Crippen molar-refractivity contribution in [1.82, 2.24) is 14.5 Å². The van der Waals surface area contributed by atoms with Crippen LogP contribution in [0, 0.1) is 35.7 Å². The predicted octanol–water partition coefficient (Wildman–Crippen LogP) is 6.79. The Morgan fingerprint density at radius 2 is 1.86 bits per heavy atom. The van der Waals surface area contributed by atoms with Crippen LogP contribution in [0.5, 0.6) is 11.6 Å². The van der Waals surface area contributed by atoms with E-state index < -0.39 is 23.4 Å². The highest BCUT2D eigenvalue weighted by Crippen LogP contribution is 2.45. The summed E-state index contributed by atoms with van der Waals surface area (Å²) < 4.78 is 51.9. The molecular weight excluding hydrogens is 545 g/mol. The largest absolute Gasteiger partial charge is 0.436 e. The lowest BCUT2D eigenvalue weighted by Gasteiger charge is -2.13. The van der Waals surface area contributed by atoms with Gasteiger partial charge in [-0.2, -0.15) is 5.26 Å². The van der Waals surface area contributed by atoms with Gasteiger partial charge in [0.15, 0.2) is 11.6 Å². The van der Waals surface area contributed by atoms with Crippen molar-refractivity contribution in [1.29, 1.82) is 5.26 Å². The Hall–Kier alpha value is -5.63. The topological polar surface area (TPSA) is 119 Å². The quantitative estimate of drug-likeness (QED) is 0.218. The molecule has 0 aliphatic rings. The lowest BCUT2D eigenvalue weighted by Crippen LogP contribution is -2.12. The first-order valence-electron chi connectivity index (χ1n) is 12.5. The number of rotatable bonds is 6. The number of halogens is 3. The number of hydrogen-bond acceptors (Lipinski definition) is 6.